The smallest absolute Gasteiger partial charge is 0.317 e. The third-order valence-corrected chi connectivity index (χ3v) is 5.43. The Hall–Kier alpha value is -2.30. The third kappa shape index (κ3) is 4.03. The van der Waals surface area contributed by atoms with Crippen LogP contribution in [0.25, 0.3) is 0 Å². The van der Waals surface area contributed by atoms with E-state index in [2.05, 4.69) is 40.8 Å². The van der Waals surface area contributed by atoms with Crippen molar-refractivity contribution in [3.05, 3.63) is 52.9 Å². The number of rotatable bonds is 4. The Morgan fingerprint density at radius 2 is 1.88 bits per heavy atom. The largest absolute Gasteiger partial charge is 0.361 e. The van der Waals surface area contributed by atoms with Gasteiger partial charge in [-0.3, -0.25) is 0 Å². The van der Waals surface area contributed by atoms with E-state index in [9.17, 15) is 4.79 Å². The van der Waals surface area contributed by atoms with Gasteiger partial charge in [0.1, 0.15) is 5.76 Å². The third-order valence-electron chi connectivity index (χ3n) is 5.43. The van der Waals surface area contributed by atoms with Crippen LogP contribution in [-0.4, -0.2) is 29.2 Å². The molecule has 1 aliphatic rings. The van der Waals surface area contributed by atoms with Crippen LogP contribution >= 0.6 is 0 Å². The molecule has 2 amide bonds. The number of nitrogens with one attached hydrogen (secondary N) is 1. The summed E-state index contributed by atoms with van der Waals surface area (Å²) in [5.74, 6) is 1.39. The fraction of sp³-hybridized carbons (Fsp3) is 0.500. The second-order valence-electron chi connectivity index (χ2n) is 6.99. The van der Waals surface area contributed by atoms with Gasteiger partial charge in [0.05, 0.1) is 5.69 Å². The number of carbonyl (C=O) groups is 1. The Morgan fingerprint density at radius 1 is 1.20 bits per heavy atom. The van der Waals surface area contributed by atoms with Gasteiger partial charge in [-0.15, -0.1) is 0 Å². The van der Waals surface area contributed by atoms with Gasteiger partial charge in [-0.05, 0) is 51.0 Å². The quantitative estimate of drug-likeness (QED) is 0.908. The molecule has 3 rings (SSSR count). The van der Waals surface area contributed by atoms with E-state index in [-0.39, 0.29) is 6.03 Å². The van der Waals surface area contributed by atoms with Crippen LogP contribution in [0.2, 0.25) is 0 Å². The van der Waals surface area contributed by atoms with E-state index < -0.39 is 0 Å². The average Bonchev–Trinajstić information content (AvgIpc) is 2.98. The van der Waals surface area contributed by atoms with Crippen LogP contribution in [0, 0.1) is 13.8 Å². The van der Waals surface area contributed by atoms with E-state index in [1.165, 1.54) is 5.56 Å². The summed E-state index contributed by atoms with van der Waals surface area (Å²) in [5.41, 5.74) is 3.23. The summed E-state index contributed by atoms with van der Waals surface area (Å²) in [5, 5.41) is 6.92. The van der Waals surface area contributed by atoms with Crippen molar-refractivity contribution < 1.29 is 9.32 Å². The monoisotopic (exact) mass is 341 g/mol. The number of aromatic nitrogens is 1. The van der Waals surface area contributed by atoms with E-state index in [1.54, 1.807) is 0 Å². The first-order valence-electron chi connectivity index (χ1n) is 9.03. The minimum atomic E-state index is -0.0249. The standard InChI is InChI=1S/C20H27N3O2/c1-14-19(15(2)25-22-14)13-21-20(24)23(3)18-11-9-17(10-12-18)16-7-5-4-6-8-16/h4-8,17-18H,9-13H2,1-3H3,(H,21,24). The van der Waals surface area contributed by atoms with Crippen LogP contribution in [0.15, 0.2) is 34.9 Å². The summed E-state index contributed by atoms with van der Waals surface area (Å²) in [7, 11) is 1.90. The second kappa shape index (κ2) is 7.72. The lowest BCUT2D eigenvalue weighted by Gasteiger charge is -2.34. The van der Waals surface area contributed by atoms with E-state index in [4.69, 9.17) is 4.52 Å². The van der Waals surface area contributed by atoms with Gasteiger partial charge < -0.3 is 14.7 Å². The molecule has 1 saturated carbocycles. The predicted octanol–water partition coefficient (Wildman–Crippen LogP) is 4.16. The molecule has 1 N–H and O–H groups in total. The molecule has 5 heteroatoms. The Bertz CT molecular complexity index is 683. The molecule has 5 nitrogen and oxygen atoms in total. The van der Waals surface area contributed by atoms with Crippen LogP contribution < -0.4 is 5.32 Å². The van der Waals surface area contributed by atoms with Crippen molar-refractivity contribution in [2.45, 2.75) is 58.0 Å². The molecule has 1 aliphatic carbocycles. The predicted molar refractivity (Wildman–Crippen MR) is 97.4 cm³/mol. The molecule has 0 bridgehead atoms. The molecule has 1 heterocycles. The van der Waals surface area contributed by atoms with Crippen molar-refractivity contribution in [1.29, 1.82) is 0 Å². The zero-order valence-corrected chi connectivity index (χ0v) is 15.3. The molecular weight excluding hydrogens is 314 g/mol. The minimum Gasteiger partial charge on any atom is -0.361 e. The first-order chi connectivity index (χ1) is 12.1. The number of carbonyl (C=O) groups excluding carboxylic acids is 1. The van der Waals surface area contributed by atoms with Crippen molar-refractivity contribution in [2.75, 3.05) is 7.05 Å². The van der Waals surface area contributed by atoms with Gasteiger partial charge in [0.25, 0.3) is 0 Å². The highest BCUT2D eigenvalue weighted by molar-refractivity contribution is 5.74. The Morgan fingerprint density at radius 3 is 2.48 bits per heavy atom. The maximum absolute atomic E-state index is 12.5. The Labute approximate surface area is 149 Å². The maximum Gasteiger partial charge on any atom is 0.317 e. The zero-order chi connectivity index (χ0) is 17.8. The van der Waals surface area contributed by atoms with Gasteiger partial charge in [0.2, 0.25) is 0 Å². The van der Waals surface area contributed by atoms with E-state index in [0.717, 1.165) is 42.7 Å². The van der Waals surface area contributed by atoms with E-state index in [1.807, 2.05) is 25.8 Å². The van der Waals surface area contributed by atoms with Gasteiger partial charge in [-0.1, -0.05) is 35.5 Å². The van der Waals surface area contributed by atoms with Crippen molar-refractivity contribution in [2.24, 2.45) is 0 Å². The highest BCUT2D eigenvalue weighted by atomic mass is 16.5. The van der Waals surface area contributed by atoms with E-state index in [0.29, 0.717) is 18.5 Å². The fourth-order valence-electron chi connectivity index (χ4n) is 3.73. The number of hydrogen-bond donors (Lipinski definition) is 1. The molecule has 0 aliphatic heterocycles. The van der Waals surface area contributed by atoms with Crippen LogP contribution in [0.5, 0.6) is 0 Å². The second-order valence-corrected chi connectivity index (χ2v) is 6.99. The van der Waals surface area contributed by atoms with Crippen LogP contribution in [0.1, 0.15) is 54.2 Å². The molecule has 1 aromatic carbocycles. The molecule has 1 fully saturated rings. The van der Waals surface area contributed by atoms with Crippen LogP contribution in [0.3, 0.4) is 0 Å². The first-order valence-corrected chi connectivity index (χ1v) is 9.03. The SMILES string of the molecule is Cc1noc(C)c1CNC(=O)N(C)C1CCC(c2ccccc2)CC1. The van der Waals surface area contributed by atoms with Gasteiger partial charge in [0.15, 0.2) is 0 Å². The number of urea groups is 1. The van der Waals surface area contributed by atoms with Crippen LogP contribution in [-0.2, 0) is 6.54 Å². The molecule has 134 valence electrons. The molecule has 0 spiro atoms. The van der Waals surface area contributed by atoms with Crippen molar-refractivity contribution in [1.82, 2.24) is 15.4 Å². The highest BCUT2D eigenvalue weighted by Gasteiger charge is 2.27. The normalized spacial score (nSPS) is 20.3. The molecule has 2 aromatic rings. The number of amides is 2. The number of nitrogens with zero attached hydrogens (tertiary/aromatic N) is 2. The van der Waals surface area contributed by atoms with Gasteiger partial charge in [-0.2, -0.15) is 0 Å². The molecule has 1 aromatic heterocycles. The molecule has 0 unspecified atom stereocenters. The molecular formula is C20H27N3O2. The summed E-state index contributed by atoms with van der Waals surface area (Å²) >= 11 is 0. The highest BCUT2D eigenvalue weighted by Crippen LogP contribution is 2.34. The lowest BCUT2D eigenvalue weighted by atomic mass is 9.81. The molecule has 0 atom stereocenters. The van der Waals surface area contributed by atoms with Crippen LogP contribution in [0.4, 0.5) is 4.79 Å². The molecule has 0 saturated heterocycles. The van der Waals surface area contributed by atoms with E-state index >= 15 is 0 Å². The van der Waals surface area contributed by atoms with Gasteiger partial charge >= 0.3 is 6.03 Å². The van der Waals surface area contributed by atoms with Gasteiger partial charge in [0, 0.05) is 25.2 Å². The summed E-state index contributed by atoms with van der Waals surface area (Å²) in [6.45, 7) is 4.23. The lowest BCUT2D eigenvalue weighted by molar-refractivity contribution is 0.169. The number of benzene rings is 1. The molecule has 25 heavy (non-hydrogen) atoms. The first kappa shape index (κ1) is 17.5. The topological polar surface area (TPSA) is 58.4 Å². The number of hydrogen-bond acceptors (Lipinski definition) is 3. The zero-order valence-electron chi connectivity index (χ0n) is 15.3. The Balaban J connectivity index is 1.50. The summed E-state index contributed by atoms with van der Waals surface area (Å²) in [4.78, 5) is 14.3. The summed E-state index contributed by atoms with van der Waals surface area (Å²) in [6.07, 6.45) is 4.37. The maximum atomic E-state index is 12.5. The summed E-state index contributed by atoms with van der Waals surface area (Å²) in [6, 6.07) is 11.0. The van der Waals surface area contributed by atoms with Crippen molar-refractivity contribution in [3.8, 4) is 0 Å². The molecule has 0 radical (unpaired) electrons. The van der Waals surface area contributed by atoms with Crippen molar-refractivity contribution in [3.63, 3.8) is 0 Å². The number of aryl methyl sites for hydroxylation is 2. The Kier molecular flexibility index (Phi) is 5.41. The lowest BCUT2D eigenvalue weighted by Crippen LogP contribution is -2.44. The summed E-state index contributed by atoms with van der Waals surface area (Å²) < 4.78 is 5.14. The van der Waals surface area contributed by atoms with Crippen molar-refractivity contribution >= 4 is 6.03 Å². The van der Waals surface area contributed by atoms with Gasteiger partial charge in [-0.25, -0.2) is 4.79 Å². The minimum absolute atomic E-state index is 0.0249. The average molecular weight is 341 g/mol. The fourth-order valence-corrected chi connectivity index (χ4v) is 3.73.